The number of thiazole rings is 1. The molecule has 0 fully saturated rings. The minimum Gasteiger partial charge on any atom is -0.248 e. The van der Waals surface area contributed by atoms with E-state index in [0.717, 1.165) is 10.6 Å². The lowest BCUT2D eigenvalue weighted by atomic mass is 10.2. The minimum atomic E-state index is -3.23. The molecule has 6 heteroatoms. The summed E-state index contributed by atoms with van der Waals surface area (Å²) in [5.41, 5.74) is 1.04. The monoisotopic (exact) mass is 296 g/mol. The molecule has 102 valence electrons. The van der Waals surface area contributed by atoms with Gasteiger partial charge in [0.1, 0.15) is 5.01 Å². The summed E-state index contributed by atoms with van der Waals surface area (Å²) < 4.78 is 25.6. The summed E-state index contributed by atoms with van der Waals surface area (Å²) in [6.07, 6.45) is 2.22. The van der Waals surface area contributed by atoms with Crippen molar-refractivity contribution in [3.63, 3.8) is 0 Å². The van der Waals surface area contributed by atoms with Crippen LogP contribution in [-0.2, 0) is 23.0 Å². The zero-order valence-corrected chi connectivity index (χ0v) is 12.3. The van der Waals surface area contributed by atoms with Crippen molar-refractivity contribution < 1.29 is 8.42 Å². The Morgan fingerprint density at radius 2 is 2.00 bits per heavy atom. The quantitative estimate of drug-likeness (QED) is 0.820. The molecule has 0 saturated carbocycles. The van der Waals surface area contributed by atoms with Crippen LogP contribution in [0.15, 0.2) is 41.9 Å². The van der Waals surface area contributed by atoms with Gasteiger partial charge in [0, 0.05) is 18.6 Å². The normalized spacial score (nSPS) is 11.9. The molecule has 0 aliphatic heterocycles. The molecule has 0 atom stereocenters. The first-order chi connectivity index (χ1) is 9.08. The average Bonchev–Trinajstić information content (AvgIpc) is 2.90. The fourth-order valence-corrected chi connectivity index (χ4v) is 3.54. The van der Waals surface area contributed by atoms with Crippen LogP contribution in [0.4, 0.5) is 0 Å². The highest BCUT2D eigenvalue weighted by molar-refractivity contribution is 7.89. The zero-order chi connectivity index (χ0) is 13.7. The van der Waals surface area contributed by atoms with Crippen molar-refractivity contribution in [2.24, 2.45) is 0 Å². The molecule has 0 bridgehead atoms. The second-order valence-corrected chi connectivity index (χ2v) is 7.41. The van der Waals surface area contributed by atoms with E-state index < -0.39 is 10.0 Å². The maximum Gasteiger partial charge on any atom is 0.214 e. The summed E-state index contributed by atoms with van der Waals surface area (Å²) in [5, 5.41) is 2.66. The summed E-state index contributed by atoms with van der Waals surface area (Å²) in [6.45, 7) is 0.342. The predicted molar refractivity (Wildman–Crippen MR) is 77.5 cm³/mol. The van der Waals surface area contributed by atoms with Gasteiger partial charge in [0.2, 0.25) is 10.0 Å². The first-order valence-electron chi connectivity index (χ1n) is 5.94. The molecule has 19 heavy (non-hydrogen) atoms. The van der Waals surface area contributed by atoms with Crippen molar-refractivity contribution in [2.75, 3.05) is 12.8 Å². The van der Waals surface area contributed by atoms with Crippen LogP contribution in [0.1, 0.15) is 10.6 Å². The Morgan fingerprint density at radius 1 is 1.26 bits per heavy atom. The lowest BCUT2D eigenvalue weighted by Gasteiger charge is -2.15. The van der Waals surface area contributed by atoms with Gasteiger partial charge in [-0.25, -0.2) is 13.4 Å². The van der Waals surface area contributed by atoms with E-state index in [1.165, 1.54) is 15.6 Å². The van der Waals surface area contributed by atoms with Crippen LogP contribution in [0.5, 0.6) is 0 Å². The number of benzene rings is 1. The molecule has 2 rings (SSSR count). The highest BCUT2D eigenvalue weighted by Gasteiger charge is 2.18. The maximum atomic E-state index is 12.1. The molecule has 0 unspecified atom stereocenters. The molecule has 1 aromatic carbocycles. The smallest absolute Gasteiger partial charge is 0.214 e. The molecule has 1 aromatic heterocycles. The van der Waals surface area contributed by atoms with Gasteiger partial charge in [-0.1, -0.05) is 30.3 Å². The molecular weight excluding hydrogens is 280 g/mol. The van der Waals surface area contributed by atoms with Crippen molar-refractivity contribution in [1.29, 1.82) is 0 Å². The van der Waals surface area contributed by atoms with E-state index in [1.807, 2.05) is 35.7 Å². The molecule has 2 aromatic rings. The van der Waals surface area contributed by atoms with Crippen LogP contribution in [0.25, 0.3) is 0 Å². The Hall–Kier alpha value is -1.24. The number of hydrogen-bond donors (Lipinski definition) is 0. The number of rotatable bonds is 6. The van der Waals surface area contributed by atoms with Crippen molar-refractivity contribution in [3.05, 3.63) is 52.5 Å². The van der Waals surface area contributed by atoms with E-state index in [4.69, 9.17) is 0 Å². The van der Waals surface area contributed by atoms with Gasteiger partial charge in [-0.05, 0) is 12.0 Å². The molecule has 0 spiro atoms. The summed E-state index contributed by atoms with van der Waals surface area (Å²) in [6, 6.07) is 9.64. The van der Waals surface area contributed by atoms with Gasteiger partial charge in [0.25, 0.3) is 0 Å². The average molecular weight is 296 g/mol. The topological polar surface area (TPSA) is 50.3 Å². The van der Waals surface area contributed by atoms with Gasteiger partial charge < -0.3 is 0 Å². The van der Waals surface area contributed by atoms with Crippen molar-refractivity contribution in [1.82, 2.24) is 9.29 Å². The zero-order valence-electron chi connectivity index (χ0n) is 10.7. The Labute approximate surface area is 117 Å². The largest absolute Gasteiger partial charge is 0.248 e. The van der Waals surface area contributed by atoms with Crippen molar-refractivity contribution in [3.8, 4) is 0 Å². The highest BCUT2D eigenvalue weighted by Crippen LogP contribution is 2.11. The summed E-state index contributed by atoms with van der Waals surface area (Å²) in [5.74, 6) is 0.124. The molecule has 0 amide bonds. The maximum absolute atomic E-state index is 12.1. The third-order valence-electron chi connectivity index (χ3n) is 2.81. The molecule has 0 N–H and O–H groups in total. The molecule has 0 aliphatic rings. The third kappa shape index (κ3) is 4.12. The first-order valence-corrected chi connectivity index (χ1v) is 8.43. The van der Waals surface area contributed by atoms with E-state index >= 15 is 0 Å². The van der Waals surface area contributed by atoms with E-state index in [2.05, 4.69) is 4.98 Å². The van der Waals surface area contributed by atoms with Crippen LogP contribution >= 0.6 is 11.3 Å². The van der Waals surface area contributed by atoms with E-state index in [0.29, 0.717) is 13.0 Å². The van der Waals surface area contributed by atoms with Crippen molar-refractivity contribution in [2.45, 2.75) is 13.0 Å². The lowest BCUT2D eigenvalue weighted by molar-refractivity contribution is 0.465. The molecule has 1 heterocycles. The van der Waals surface area contributed by atoms with Crippen molar-refractivity contribution >= 4 is 21.4 Å². The molecular formula is C13H16N2O2S2. The van der Waals surface area contributed by atoms with E-state index in [9.17, 15) is 8.42 Å². The second-order valence-electron chi connectivity index (χ2n) is 4.23. The van der Waals surface area contributed by atoms with Gasteiger partial charge in [0.05, 0.1) is 12.3 Å². The number of sulfonamides is 1. The summed E-state index contributed by atoms with van der Waals surface area (Å²) >= 11 is 1.46. The van der Waals surface area contributed by atoms with E-state index in [-0.39, 0.29) is 5.75 Å². The number of hydrogen-bond acceptors (Lipinski definition) is 4. The van der Waals surface area contributed by atoms with Crippen LogP contribution in [0, 0.1) is 0 Å². The SMILES string of the molecule is CN(Cc1nccs1)S(=O)(=O)CCc1ccccc1. The summed E-state index contributed by atoms with van der Waals surface area (Å²) in [4.78, 5) is 4.10. The predicted octanol–water partition coefficient (Wildman–Crippen LogP) is 2.15. The van der Waals surface area contributed by atoms with Crippen LogP contribution in [0.2, 0.25) is 0 Å². The Bertz CT molecular complexity index is 595. The third-order valence-corrected chi connectivity index (χ3v) is 5.37. The number of aromatic nitrogens is 1. The van der Waals surface area contributed by atoms with Crippen LogP contribution in [0.3, 0.4) is 0 Å². The standard InChI is InChI=1S/C13H16N2O2S2/c1-15(11-13-14-8-9-18-13)19(16,17)10-7-12-5-3-2-4-6-12/h2-6,8-9H,7,10-11H2,1H3. The minimum absolute atomic E-state index is 0.124. The van der Waals surface area contributed by atoms with Gasteiger partial charge in [0.15, 0.2) is 0 Å². The summed E-state index contributed by atoms with van der Waals surface area (Å²) in [7, 11) is -1.64. The number of aryl methyl sites for hydroxylation is 1. The van der Waals surface area contributed by atoms with Gasteiger partial charge in [-0.3, -0.25) is 0 Å². The molecule has 0 radical (unpaired) electrons. The second kappa shape index (κ2) is 6.27. The first kappa shape index (κ1) is 14.2. The van der Waals surface area contributed by atoms with Crippen LogP contribution in [-0.4, -0.2) is 30.5 Å². The Morgan fingerprint density at radius 3 is 2.63 bits per heavy atom. The Balaban J connectivity index is 1.94. The fourth-order valence-electron chi connectivity index (χ4n) is 1.67. The van der Waals surface area contributed by atoms with E-state index in [1.54, 1.807) is 13.2 Å². The number of nitrogens with zero attached hydrogens (tertiary/aromatic N) is 2. The molecule has 0 aliphatic carbocycles. The fraction of sp³-hybridized carbons (Fsp3) is 0.308. The molecule has 4 nitrogen and oxygen atoms in total. The highest BCUT2D eigenvalue weighted by atomic mass is 32.2. The van der Waals surface area contributed by atoms with Gasteiger partial charge in [-0.15, -0.1) is 11.3 Å². The van der Waals surface area contributed by atoms with Gasteiger partial charge in [-0.2, -0.15) is 4.31 Å². The Kier molecular flexibility index (Phi) is 4.68. The van der Waals surface area contributed by atoms with Gasteiger partial charge >= 0.3 is 0 Å². The molecule has 0 saturated heterocycles. The van der Waals surface area contributed by atoms with Crippen LogP contribution < -0.4 is 0 Å². The lowest BCUT2D eigenvalue weighted by Crippen LogP contribution is -2.29.